The zero-order valence-corrected chi connectivity index (χ0v) is 18.0. The van der Waals surface area contributed by atoms with Crippen LogP contribution in [0.5, 0.6) is 11.5 Å². The van der Waals surface area contributed by atoms with Crippen LogP contribution in [0.15, 0.2) is 48.5 Å². The van der Waals surface area contributed by atoms with Gasteiger partial charge in [-0.1, -0.05) is 31.2 Å². The van der Waals surface area contributed by atoms with E-state index in [2.05, 4.69) is 5.32 Å². The molecule has 158 valence electrons. The van der Waals surface area contributed by atoms with Crippen LogP contribution in [0, 0.1) is 0 Å². The molecule has 1 N–H and O–H groups in total. The third kappa shape index (κ3) is 6.98. The van der Waals surface area contributed by atoms with Gasteiger partial charge in [0.15, 0.2) is 0 Å². The fourth-order valence-corrected chi connectivity index (χ4v) is 3.17. The van der Waals surface area contributed by atoms with Gasteiger partial charge < -0.3 is 19.1 Å². The number of hydrogen-bond acceptors (Lipinski definition) is 5. The Kier molecular flexibility index (Phi) is 7.90. The fourth-order valence-electron chi connectivity index (χ4n) is 2.71. The van der Waals surface area contributed by atoms with E-state index < -0.39 is 10.1 Å². The van der Waals surface area contributed by atoms with E-state index in [-0.39, 0.29) is 17.8 Å². The van der Waals surface area contributed by atoms with Gasteiger partial charge in [0.25, 0.3) is 0 Å². The SMILES string of the molecule is CCOc1ccccc1NC(=O)N(Cc1ccc(OS(C)(=O)=O)cc1)[C@H](C)CC. The maximum Gasteiger partial charge on any atom is 0.322 e. The Hall–Kier alpha value is -2.74. The minimum absolute atomic E-state index is 0.00111. The van der Waals surface area contributed by atoms with E-state index >= 15 is 0 Å². The van der Waals surface area contributed by atoms with Crippen molar-refractivity contribution in [3.63, 3.8) is 0 Å². The molecule has 0 unspecified atom stereocenters. The van der Waals surface area contributed by atoms with Gasteiger partial charge >= 0.3 is 16.1 Å². The highest BCUT2D eigenvalue weighted by Crippen LogP contribution is 2.25. The number of benzene rings is 2. The van der Waals surface area contributed by atoms with Crippen LogP contribution in [0.2, 0.25) is 0 Å². The van der Waals surface area contributed by atoms with Gasteiger partial charge in [-0.05, 0) is 50.1 Å². The molecule has 0 aliphatic carbocycles. The maximum atomic E-state index is 13.0. The highest BCUT2D eigenvalue weighted by molar-refractivity contribution is 7.86. The highest BCUT2D eigenvalue weighted by Gasteiger charge is 2.20. The summed E-state index contributed by atoms with van der Waals surface area (Å²) in [6.45, 7) is 6.76. The van der Waals surface area contributed by atoms with Crippen LogP contribution in [0.4, 0.5) is 10.5 Å². The lowest BCUT2D eigenvalue weighted by Crippen LogP contribution is -2.40. The number of nitrogens with one attached hydrogen (secondary N) is 1. The molecule has 1 atom stereocenters. The predicted molar refractivity (Wildman–Crippen MR) is 114 cm³/mol. The van der Waals surface area contributed by atoms with Crippen LogP contribution in [-0.4, -0.2) is 38.3 Å². The Bertz CT molecular complexity index is 913. The van der Waals surface area contributed by atoms with E-state index in [1.807, 2.05) is 39.0 Å². The average Bonchev–Trinajstić information content (AvgIpc) is 2.67. The molecule has 0 radical (unpaired) electrons. The predicted octanol–water partition coefficient (Wildman–Crippen LogP) is 4.26. The van der Waals surface area contributed by atoms with Gasteiger partial charge in [-0.25, -0.2) is 4.79 Å². The molecule has 2 aromatic rings. The Morgan fingerprint density at radius 2 is 1.76 bits per heavy atom. The van der Waals surface area contributed by atoms with E-state index in [0.717, 1.165) is 18.2 Å². The smallest absolute Gasteiger partial charge is 0.322 e. The quantitative estimate of drug-likeness (QED) is 0.613. The summed E-state index contributed by atoms with van der Waals surface area (Å²) in [5.41, 5.74) is 1.48. The fraction of sp³-hybridized carbons (Fsp3) is 0.381. The highest BCUT2D eigenvalue weighted by atomic mass is 32.2. The van der Waals surface area contributed by atoms with Gasteiger partial charge in [-0.2, -0.15) is 8.42 Å². The van der Waals surface area contributed by atoms with Crippen LogP contribution in [0.1, 0.15) is 32.8 Å². The van der Waals surface area contributed by atoms with Crippen molar-refractivity contribution in [2.24, 2.45) is 0 Å². The third-order valence-corrected chi connectivity index (χ3v) is 4.83. The summed E-state index contributed by atoms with van der Waals surface area (Å²) in [7, 11) is -3.57. The van der Waals surface area contributed by atoms with Gasteiger partial charge in [0.2, 0.25) is 0 Å². The van der Waals surface area contributed by atoms with Crippen LogP contribution < -0.4 is 14.2 Å². The summed E-state index contributed by atoms with van der Waals surface area (Å²) in [4.78, 5) is 14.7. The maximum absolute atomic E-state index is 13.0. The molecule has 2 amide bonds. The molecule has 0 aliphatic rings. The number of ether oxygens (including phenoxy) is 1. The molecule has 0 aliphatic heterocycles. The molecular formula is C21H28N2O5S. The van der Waals surface area contributed by atoms with E-state index in [1.54, 1.807) is 35.2 Å². The summed E-state index contributed by atoms with van der Waals surface area (Å²) in [5, 5.41) is 2.93. The molecule has 0 heterocycles. The van der Waals surface area contributed by atoms with Gasteiger partial charge in [0.1, 0.15) is 11.5 Å². The number of nitrogens with zero attached hydrogens (tertiary/aromatic N) is 1. The van der Waals surface area contributed by atoms with Gasteiger partial charge in [-0.15, -0.1) is 0 Å². The van der Waals surface area contributed by atoms with Crippen LogP contribution in [-0.2, 0) is 16.7 Å². The number of urea groups is 1. The minimum atomic E-state index is -3.57. The minimum Gasteiger partial charge on any atom is -0.492 e. The standard InChI is InChI=1S/C21H28N2O5S/c1-5-16(3)23(15-17-11-13-18(14-12-17)28-29(4,25)26)21(24)22-19-9-7-8-10-20(19)27-6-2/h7-14,16H,5-6,15H2,1-4H3,(H,22,24)/t16-/m1/s1. The molecule has 0 bridgehead atoms. The molecule has 8 heteroatoms. The van der Waals surface area contributed by atoms with Crippen molar-refractivity contribution in [3.8, 4) is 11.5 Å². The second-order valence-electron chi connectivity index (χ2n) is 6.68. The number of carbonyl (C=O) groups is 1. The summed E-state index contributed by atoms with van der Waals surface area (Å²) in [6, 6.07) is 13.7. The number of carbonyl (C=O) groups excluding carboxylic acids is 1. The van der Waals surface area contributed by atoms with E-state index in [0.29, 0.717) is 24.6 Å². The first-order chi connectivity index (χ1) is 13.7. The van der Waals surface area contributed by atoms with Crippen molar-refractivity contribution < 1.29 is 22.1 Å². The molecule has 0 fully saturated rings. The van der Waals surface area contributed by atoms with Gasteiger partial charge in [0, 0.05) is 12.6 Å². The van der Waals surface area contributed by atoms with E-state index in [4.69, 9.17) is 8.92 Å². The first kappa shape index (κ1) is 22.5. The van der Waals surface area contributed by atoms with Crippen molar-refractivity contribution in [2.45, 2.75) is 39.8 Å². The molecule has 0 aromatic heterocycles. The first-order valence-electron chi connectivity index (χ1n) is 9.51. The van der Waals surface area contributed by atoms with Crippen molar-refractivity contribution in [3.05, 3.63) is 54.1 Å². The van der Waals surface area contributed by atoms with E-state index in [1.165, 1.54) is 0 Å². The Balaban J connectivity index is 2.16. The van der Waals surface area contributed by atoms with Gasteiger partial charge in [0.05, 0.1) is 18.6 Å². The molecule has 0 saturated carbocycles. The van der Waals surface area contributed by atoms with Crippen molar-refractivity contribution >= 4 is 21.8 Å². The number of para-hydroxylation sites is 2. The molecule has 0 saturated heterocycles. The Morgan fingerprint density at radius 3 is 2.34 bits per heavy atom. The van der Waals surface area contributed by atoms with Crippen LogP contribution >= 0.6 is 0 Å². The monoisotopic (exact) mass is 420 g/mol. The van der Waals surface area contributed by atoms with Crippen LogP contribution in [0.3, 0.4) is 0 Å². The average molecular weight is 421 g/mol. The number of amides is 2. The topological polar surface area (TPSA) is 84.9 Å². The molecule has 29 heavy (non-hydrogen) atoms. The molecular weight excluding hydrogens is 392 g/mol. The number of hydrogen-bond donors (Lipinski definition) is 1. The molecule has 2 aromatic carbocycles. The zero-order chi connectivity index (χ0) is 21.4. The lowest BCUT2D eigenvalue weighted by atomic mass is 10.1. The Morgan fingerprint density at radius 1 is 1.10 bits per heavy atom. The lowest BCUT2D eigenvalue weighted by Gasteiger charge is -2.29. The summed E-state index contributed by atoms with van der Waals surface area (Å²) < 4.78 is 32.9. The van der Waals surface area contributed by atoms with Crippen molar-refractivity contribution in [1.82, 2.24) is 4.90 Å². The molecule has 7 nitrogen and oxygen atoms in total. The molecule has 2 rings (SSSR count). The number of anilines is 1. The second-order valence-corrected chi connectivity index (χ2v) is 8.25. The number of rotatable bonds is 9. The molecule has 0 spiro atoms. The van der Waals surface area contributed by atoms with Crippen molar-refractivity contribution in [2.75, 3.05) is 18.2 Å². The summed E-state index contributed by atoms with van der Waals surface area (Å²) >= 11 is 0. The normalized spacial score (nSPS) is 12.1. The largest absolute Gasteiger partial charge is 0.492 e. The summed E-state index contributed by atoms with van der Waals surface area (Å²) in [5.74, 6) is 0.858. The van der Waals surface area contributed by atoms with Crippen LogP contribution in [0.25, 0.3) is 0 Å². The Labute approximate surface area is 172 Å². The third-order valence-electron chi connectivity index (χ3n) is 4.34. The second kappa shape index (κ2) is 10.2. The lowest BCUT2D eigenvalue weighted by molar-refractivity contribution is 0.187. The van der Waals surface area contributed by atoms with E-state index in [9.17, 15) is 13.2 Å². The zero-order valence-electron chi connectivity index (χ0n) is 17.2. The van der Waals surface area contributed by atoms with Gasteiger partial charge in [-0.3, -0.25) is 0 Å². The van der Waals surface area contributed by atoms with Crippen molar-refractivity contribution in [1.29, 1.82) is 0 Å². The first-order valence-corrected chi connectivity index (χ1v) is 11.3. The summed E-state index contributed by atoms with van der Waals surface area (Å²) in [6.07, 6.45) is 1.78.